The molecule has 0 bridgehead atoms. The molecule has 0 aliphatic carbocycles. The minimum Gasteiger partial charge on any atom is -0.271 e. The molecule has 1 aromatic rings. The Labute approximate surface area is 110 Å². The zero-order chi connectivity index (χ0) is 12.8. The molecule has 0 spiro atoms. The van der Waals surface area contributed by atoms with Crippen molar-refractivity contribution in [3.63, 3.8) is 0 Å². The first-order valence-electron chi connectivity index (χ1n) is 5.47. The molecule has 4 nitrogen and oxygen atoms in total. The van der Waals surface area contributed by atoms with E-state index in [1.165, 1.54) is 6.20 Å². The molecule has 1 atom stereocenters. The molecule has 0 fully saturated rings. The van der Waals surface area contributed by atoms with E-state index < -0.39 is 4.87 Å². The molecule has 2 rings (SSSR count). The summed E-state index contributed by atoms with van der Waals surface area (Å²) in [5.41, 5.74) is 3.33. The maximum absolute atomic E-state index is 11.8. The fraction of sp³-hybridized carbons (Fsp3) is 0.154. The van der Waals surface area contributed by atoms with Crippen LogP contribution in [0, 0.1) is 0 Å². The van der Waals surface area contributed by atoms with Crippen molar-refractivity contribution in [2.45, 2.75) is 11.3 Å². The van der Waals surface area contributed by atoms with Gasteiger partial charge in [0.1, 0.15) is 4.87 Å². The number of carbonyl (C=O) groups excluding carboxylic acids is 1. The van der Waals surface area contributed by atoms with Gasteiger partial charge in [0.05, 0.1) is 6.21 Å². The highest BCUT2D eigenvalue weighted by atomic mass is 35.5. The molecule has 0 saturated heterocycles. The Morgan fingerprint density at radius 2 is 2.22 bits per heavy atom. The number of carbonyl (C=O) groups is 1. The van der Waals surface area contributed by atoms with Gasteiger partial charge in [-0.15, -0.1) is 11.6 Å². The van der Waals surface area contributed by atoms with E-state index in [1.807, 2.05) is 30.3 Å². The predicted molar refractivity (Wildman–Crippen MR) is 73.0 cm³/mol. The number of alkyl halides is 1. The number of amides is 1. The Bertz CT molecular complexity index is 510. The first-order chi connectivity index (χ1) is 8.71. The summed E-state index contributed by atoms with van der Waals surface area (Å²) in [4.78, 5) is 14.6. The number of nitrogens with zero attached hydrogens (tertiary/aromatic N) is 2. The Kier molecular flexibility index (Phi) is 3.89. The van der Waals surface area contributed by atoms with Gasteiger partial charge in [-0.3, -0.25) is 9.79 Å². The van der Waals surface area contributed by atoms with E-state index in [1.54, 1.807) is 18.5 Å². The Balaban J connectivity index is 1.95. The summed E-state index contributed by atoms with van der Waals surface area (Å²) in [6.45, 7) is 0. The van der Waals surface area contributed by atoms with Gasteiger partial charge in [0.15, 0.2) is 0 Å². The molecule has 0 radical (unpaired) electrons. The second-order valence-electron chi connectivity index (χ2n) is 3.82. The number of hydrogen-bond donors (Lipinski definition) is 1. The maximum Gasteiger partial charge on any atom is 0.265 e. The molecule has 1 aliphatic heterocycles. The summed E-state index contributed by atoms with van der Waals surface area (Å²) in [7, 11) is 0. The average molecular weight is 262 g/mol. The SMILES string of the molecule is O=C(NN=Cc1ccccc1)C1(Cl)C=CN=CC1. The third kappa shape index (κ3) is 3.05. The molecular formula is C13H12ClN3O. The highest BCUT2D eigenvalue weighted by Gasteiger charge is 2.33. The topological polar surface area (TPSA) is 53.8 Å². The first kappa shape index (κ1) is 12.5. The van der Waals surface area contributed by atoms with Gasteiger partial charge in [-0.25, -0.2) is 5.43 Å². The van der Waals surface area contributed by atoms with Gasteiger partial charge in [0, 0.05) is 18.8 Å². The standard InChI is InChI=1S/C13H12ClN3O/c14-13(6-8-15-9-7-13)12(18)17-16-10-11-4-2-1-3-5-11/h1-6,8-10H,7H2,(H,17,18). The Morgan fingerprint density at radius 3 is 2.89 bits per heavy atom. The molecular weight excluding hydrogens is 250 g/mol. The van der Waals surface area contributed by atoms with Gasteiger partial charge in [0.2, 0.25) is 0 Å². The van der Waals surface area contributed by atoms with Gasteiger partial charge in [-0.2, -0.15) is 5.10 Å². The lowest BCUT2D eigenvalue weighted by Gasteiger charge is -2.20. The predicted octanol–water partition coefficient (Wildman–Crippen LogP) is 2.10. The molecule has 18 heavy (non-hydrogen) atoms. The van der Waals surface area contributed by atoms with Crippen LogP contribution < -0.4 is 5.43 Å². The van der Waals surface area contributed by atoms with Gasteiger partial charge < -0.3 is 0 Å². The van der Waals surface area contributed by atoms with Crippen molar-refractivity contribution in [3.05, 3.63) is 48.2 Å². The molecule has 0 aromatic heterocycles. The van der Waals surface area contributed by atoms with Crippen LogP contribution in [0.1, 0.15) is 12.0 Å². The second kappa shape index (κ2) is 5.60. The van der Waals surface area contributed by atoms with Crippen molar-refractivity contribution >= 4 is 29.9 Å². The summed E-state index contributed by atoms with van der Waals surface area (Å²) in [5.74, 6) is -0.362. The minimum atomic E-state index is -1.09. The van der Waals surface area contributed by atoms with Gasteiger partial charge in [0.25, 0.3) is 5.91 Å². The Hall–Kier alpha value is -1.94. The van der Waals surface area contributed by atoms with Gasteiger partial charge in [-0.05, 0) is 11.6 Å². The van der Waals surface area contributed by atoms with Gasteiger partial charge >= 0.3 is 0 Å². The van der Waals surface area contributed by atoms with Crippen LogP contribution in [0.15, 0.2) is 52.7 Å². The number of halogens is 1. The molecule has 1 aliphatic rings. The van der Waals surface area contributed by atoms with Crippen molar-refractivity contribution in [3.8, 4) is 0 Å². The van der Waals surface area contributed by atoms with Gasteiger partial charge in [-0.1, -0.05) is 30.3 Å². The number of nitrogens with one attached hydrogen (secondary N) is 1. The monoisotopic (exact) mass is 261 g/mol. The summed E-state index contributed by atoms with van der Waals surface area (Å²) in [5, 5.41) is 3.87. The Morgan fingerprint density at radius 1 is 1.44 bits per heavy atom. The molecule has 1 aromatic carbocycles. The lowest BCUT2D eigenvalue weighted by molar-refractivity contribution is -0.122. The second-order valence-corrected chi connectivity index (χ2v) is 4.50. The van der Waals surface area contributed by atoms with Crippen LogP contribution in [-0.4, -0.2) is 23.2 Å². The summed E-state index contributed by atoms with van der Waals surface area (Å²) >= 11 is 6.14. The van der Waals surface area contributed by atoms with Crippen molar-refractivity contribution in [2.24, 2.45) is 10.1 Å². The third-order valence-electron chi connectivity index (χ3n) is 2.48. The third-order valence-corrected chi connectivity index (χ3v) is 2.93. The molecule has 1 N–H and O–H groups in total. The molecule has 92 valence electrons. The largest absolute Gasteiger partial charge is 0.271 e. The summed E-state index contributed by atoms with van der Waals surface area (Å²) in [6, 6.07) is 9.48. The number of hydrazone groups is 1. The van der Waals surface area contributed by atoms with Crippen molar-refractivity contribution in [1.82, 2.24) is 5.43 Å². The zero-order valence-corrected chi connectivity index (χ0v) is 10.3. The van der Waals surface area contributed by atoms with E-state index in [4.69, 9.17) is 11.6 Å². The fourth-order valence-corrected chi connectivity index (χ4v) is 1.61. The maximum atomic E-state index is 11.8. The van der Waals surface area contributed by atoms with E-state index >= 15 is 0 Å². The molecule has 1 heterocycles. The average Bonchev–Trinajstić information content (AvgIpc) is 2.41. The number of rotatable bonds is 3. The lowest BCUT2D eigenvalue weighted by Crippen LogP contribution is -2.39. The van der Waals surface area contributed by atoms with E-state index in [0.717, 1.165) is 5.56 Å². The van der Waals surface area contributed by atoms with E-state index in [-0.39, 0.29) is 5.91 Å². The lowest BCUT2D eigenvalue weighted by atomic mass is 10.0. The zero-order valence-electron chi connectivity index (χ0n) is 9.58. The van der Waals surface area contributed by atoms with Crippen LogP contribution in [0.25, 0.3) is 0 Å². The quantitative estimate of drug-likeness (QED) is 0.506. The fourth-order valence-electron chi connectivity index (χ4n) is 1.44. The summed E-state index contributed by atoms with van der Waals surface area (Å²) in [6.07, 6.45) is 6.60. The van der Waals surface area contributed by atoms with Crippen LogP contribution >= 0.6 is 11.6 Å². The number of benzene rings is 1. The van der Waals surface area contributed by atoms with Crippen LogP contribution in [-0.2, 0) is 4.79 Å². The normalized spacial score (nSPS) is 22.3. The number of hydrogen-bond acceptors (Lipinski definition) is 3. The van der Waals surface area contributed by atoms with Crippen LogP contribution in [0.5, 0.6) is 0 Å². The highest BCUT2D eigenvalue weighted by Crippen LogP contribution is 2.23. The van der Waals surface area contributed by atoms with Crippen LogP contribution in [0.3, 0.4) is 0 Å². The molecule has 5 heteroatoms. The highest BCUT2D eigenvalue weighted by molar-refractivity contribution is 6.37. The molecule has 0 saturated carbocycles. The molecule has 1 unspecified atom stereocenters. The van der Waals surface area contributed by atoms with E-state index in [2.05, 4.69) is 15.5 Å². The minimum absolute atomic E-state index is 0.359. The van der Waals surface area contributed by atoms with Crippen molar-refractivity contribution in [2.75, 3.05) is 0 Å². The number of aliphatic imine (C=N–C) groups is 1. The van der Waals surface area contributed by atoms with Crippen LogP contribution in [0.2, 0.25) is 0 Å². The van der Waals surface area contributed by atoms with E-state index in [0.29, 0.717) is 6.42 Å². The summed E-state index contributed by atoms with van der Waals surface area (Å²) < 4.78 is 0. The van der Waals surface area contributed by atoms with Crippen molar-refractivity contribution < 1.29 is 4.79 Å². The smallest absolute Gasteiger partial charge is 0.265 e. The van der Waals surface area contributed by atoms with E-state index in [9.17, 15) is 4.79 Å². The van der Waals surface area contributed by atoms with Crippen molar-refractivity contribution in [1.29, 1.82) is 0 Å². The first-order valence-corrected chi connectivity index (χ1v) is 5.85. The van der Waals surface area contributed by atoms with Crippen LogP contribution in [0.4, 0.5) is 0 Å². The molecule has 1 amide bonds.